The Labute approximate surface area is 188 Å². The van der Waals surface area contributed by atoms with Gasteiger partial charge in [-0.2, -0.15) is 26.9 Å². The largest absolute Gasteiger partial charge is 0.536 e. The number of nitrogens with zero attached hydrogens (tertiary/aromatic N) is 2. The van der Waals surface area contributed by atoms with Gasteiger partial charge in [-0.25, -0.2) is 0 Å². The third kappa shape index (κ3) is 5.39. The van der Waals surface area contributed by atoms with E-state index < -0.39 is 21.7 Å². The van der Waals surface area contributed by atoms with Crippen molar-refractivity contribution in [2.75, 3.05) is 7.11 Å². The molecule has 0 radical (unpaired) electrons. The van der Waals surface area contributed by atoms with Crippen molar-refractivity contribution in [3.8, 4) is 6.07 Å². The highest BCUT2D eigenvalue weighted by Crippen LogP contribution is 2.38. The van der Waals surface area contributed by atoms with Crippen LogP contribution < -0.4 is 0 Å². The molecule has 0 saturated heterocycles. The Hall–Kier alpha value is -3.68. The Bertz CT molecular complexity index is 1290. The van der Waals surface area contributed by atoms with Crippen LogP contribution in [-0.4, -0.2) is 26.7 Å². The Balaban J connectivity index is 0.000000235. The molecule has 0 saturated carbocycles. The van der Waals surface area contributed by atoms with Crippen LogP contribution in [0, 0.1) is 11.3 Å². The first kappa shape index (κ1) is 24.0. The number of nitriles is 1. The molecule has 0 aliphatic heterocycles. The highest BCUT2D eigenvalue weighted by atomic mass is 32.2. The normalized spacial score (nSPS) is 16.4. The first-order chi connectivity index (χ1) is 15.7. The molecular formula is C23H17F3N2O4S. The topological polar surface area (TPSA) is 88.8 Å². The summed E-state index contributed by atoms with van der Waals surface area (Å²) in [6.45, 7) is 0. The molecular weight excluding hydrogens is 457 g/mol. The summed E-state index contributed by atoms with van der Waals surface area (Å²) >= 11 is 0. The molecule has 33 heavy (non-hydrogen) atoms. The first-order valence-electron chi connectivity index (χ1n) is 9.43. The van der Waals surface area contributed by atoms with Crippen molar-refractivity contribution in [1.82, 2.24) is 0 Å². The van der Waals surface area contributed by atoms with Gasteiger partial charge in [0, 0.05) is 12.7 Å². The van der Waals surface area contributed by atoms with Crippen LogP contribution in [0.15, 0.2) is 83.6 Å². The second-order valence-electron chi connectivity index (χ2n) is 6.69. The molecule has 2 aliphatic rings. The second-order valence-corrected chi connectivity index (χ2v) is 8.21. The van der Waals surface area contributed by atoms with Crippen molar-refractivity contribution in [2.24, 2.45) is 5.16 Å². The molecule has 4 rings (SSSR count). The maximum absolute atomic E-state index is 12.2. The minimum Gasteiger partial charge on any atom is -0.362 e. The zero-order valence-electron chi connectivity index (χ0n) is 17.2. The zero-order valence-corrected chi connectivity index (χ0v) is 18.0. The number of hydrogen-bond acceptors (Lipinski definition) is 6. The number of fused-ring (bicyclic) bond motifs is 3. The number of ether oxygens (including phenoxy) is 1. The fraction of sp³-hybridized carbons (Fsp3) is 0.130. The van der Waals surface area contributed by atoms with E-state index in [4.69, 9.17) is 10.00 Å². The van der Waals surface area contributed by atoms with Gasteiger partial charge in [-0.05, 0) is 34.4 Å². The summed E-state index contributed by atoms with van der Waals surface area (Å²) in [5, 5.41) is 11.8. The van der Waals surface area contributed by atoms with E-state index in [9.17, 15) is 21.6 Å². The van der Waals surface area contributed by atoms with Crippen LogP contribution >= 0.6 is 0 Å². The molecule has 0 fully saturated rings. The third-order valence-corrected chi connectivity index (χ3v) is 5.44. The smallest absolute Gasteiger partial charge is 0.362 e. The standard InChI is InChI=1S/C14H8F3NO3S.C9H9NO/c15-14(16,17)22(19,20)21-18-13-7-3-6-11-10-5-2-1-4-9(10)8-12(11)13;1-11-9(7-10)8-5-3-2-4-6-8/h1-8H;2-6,9H,1H3. The van der Waals surface area contributed by atoms with E-state index in [0.29, 0.717) is 5.57 Å². The molecule has 0 spiro atoms. The lowest BCUT2D eigenvalue weighted by Gasteiger charge is -2.11. The molecule has 1 unspecified atom stereocenters. The van der Waals surface area contributed by atoms with Crippen molar-refractivity contribution in [3.05, 3.63) is 95.1 Å². The summed E-state index contributed by atoms with van der Waals surface area (Å²) in [5.41, 5.74) is -1.56. The van der Waals surface area contributed by atoms with Gasteiger partial charge >= 0.3 is 15.6 Å². The monoisotopic (exact) mass is 474 g/mol. The number of oxime groups is 1. The predicted octanol–water partition coefficient (Wildman–Crippen LogP) is 5.16. The molecule has 170 valence electrons. The summed E-state index contributed by atoms with van der Waals surface area (Å²) in [5.74, 6) is 0. The predicted molar refractivity (Wildman–Crippen MR) is 117 cm³/mol. The molecule has 0 aromatic heterocycles. The quantitative estimate of drug-likeness (QED) is 0.451. The molecule has 2 aromatic carbocycles. The SMILES string of the molecule is COC(C#N)c1ccccc1.O=S(=O)(ON=C1C=CC=C2C1=Cc1ccccc12)C(F)(F)F. The Morgan fingerprint density at radius 3 is 2.33 bits per heavy atom. The summed E-state index contributed by atoms with van der Waals surface area (Å²) in [6, 6.07) is 18.8. The summed E-state index contributed by atoms with van der Waals surface area (Å²) in [4.78, 5) is 0. The molecule has 0 amide bonds. The number of allylic oxidation sites excluding steroid dienone is 5. The van der Waals surface area contributed by atoms with Crippen molar-refractivity contribution in [2.45, 2.75) is 11.6 Å². The maximum Gasteiger partial charge on any atom is 0.536 e. The molecule has 10 heteroatoms. The van der Waals surface area contributed by atoms with E-state index in [1.807, 2.05) is 60.7 Å². The lowest BCUT2D eigenvalue weighted by Crippen LogP contribution is -2.24. The van der Waals surface area contributed by atoms with E-state index in [1.54, 1.807) is 18.2 Å². The summed E-state index contributed by atoms with van der Waals surface area (Å²) in [6.07, 6.45) is 6.00. The van der Waals surface area contributed by atoms with Gasteiger partial charge in [0.1, 0.15) is 5.71 Å². The Morgan fingerprint density at radius 2 is 1.70 bits per heavy atom. The molecule has 1 atom stereocenters. The fourth-order valence-corrected chi connectivity index (χ4v) is 3.33. The van der Waals surface area contributed by atoms with Crippen molar-refractivity contribution < 1.29 is 30.6 Å². The van der Waals surface area contributed by atoms with Crippen molar-refractivity contribution in [3.63, 3.8) is 0 Å². The van der Waals surface area contributed by atoms with Gasteiger partial charge in [0.25, 0.3) is 0 Å². The maximum atomic E-state index is 12.2. The number of rotatable bonds is 4. The number of hydrogen-bond donors (Lipinski definition) is 0. The molecule has 2 aromatic rings. The lowest BCUT2D eigenvalue weighted by atomic mass is 9.96. The summed E-state index contributed by atoms with van der Waals surface area (Å²) in [7, 11) is -4.23. The molecule has 0 N–H and O–H groups in total. The highest BCUT2D eigenvalue weighted by Gasteiger charge is 2.49. The number of benzene rings is 2. The van der Waals surface area contributed by atoms with E-state index in [-0.39, 0.29) is 5.71 Å². The minimum absolute atomic E-state index is 0.0153. The first-order valence-corrected chi connectivity index (χ1v) is 10.8. The van der Waals surface area contributed by atoms with Crippen LogP contribution in [0.5, 0.6) is 0 Å². The van der Waals surface area contributed by atoms with Gasteiger partial charge in [-0.15, -0.1) is 0 Å². The fourth-order valence-electron chi connectivity index (χ4n) is 3.07. The third-order valence-electron chi connectivity index (χ3n) is 4.61. The summed E-state index contributed by atoms with van der Waals surface area (Å²) < 4.78 is 67.2. The van der Waals surface area contributed by atoms with E-state index in [1.165, 1.54) is 13.2 Å². The number of methoxy groups -OCH3 is 1. The van der Waals surface area contributed by atoms with E-state index >= 15 is 0 Å². The van der Waals surface area contributed by atoms with E-state index in [0.717, 1.165) is 22.3 Å². The van der Waals surface area contributed by atoms with Crippen LogP contribution in [0.4, 0.5) is 13.2 Å². The van der Waals surface area contributed by atoms with Gasteiger partial charge in [0.2, 0.25) is 0 Å². The van der Waals surface area contributed by atoms with Crippen LogP contribution in [0.2, 0.25) is 0 Å². The Morgan fingerprint density at radius 1 is 1.03 bits per heavy atom. The average Bonchev–Trinajstić information content (AvgIpc) is 3.18. The minimum atomic E-state index is -5.76. The van der Waals surface area contributed by atoms with Crippen LogP contribution in [0.1, 0.15) is 22.8 Å². The second kappa shape index (κ2) is 9.85. The van der Waals surface area contributed by atoms with E-state index in [2.05, 4.69) is 9.44 Å². The molecule has 6 nitrogen and oxygen atoms in total. The molecule has 2 aliphatic carbocycles. The average molecular weight is 474 g/mol. The van der Waals surface area contributed by atoms with Gasteiger partial charge < -0.3 is 4.74 Å². The van der Waals surface area contributed by atoms with Gasteiger partial charge in [-0.3, -0.25) is 4.28 Å². The molecule has 0 heterocycles. The number of halogens is 3. The highest BCUT2D eigenvalue weighted by molar-refractivity contribution is 7.87. The molecule has 0 bridgehead atoms. The number of alkyl halides is 3. The van der Waals surface area contributed by atoms with Crippen molar-refractivity contribution in [1.29, 1.82) is 5.26 Å². The van der Waals surface area contributed by atoms with Gasteiger partial charge in [0.15, 0.2) is 6.10 Å². The van der Waals surface area contributed by atoms with Crippen LogP contribution in [0.25, 0.3) is 11.6 Å². The lowest BCUT2D eigenvalue weighted by molar-refractivity contribution is -0.0540. The Kier molecular flexibility index (Phi) is 7.16. The zero-order chi connectivity index (χ0) is 24.1. The van der Waals surface area contributed by atoms with Crippen molar-refractivity contribution >= 4 is 27.5 Å². The van der Waals surface area contributed by atoms with Crippen LogP contribution in [-0.2, 0) is 19.1 Å². The van der Waals surface area contributed by atoms with Gasteiger partial charge in [0.05, 0.1) is 6.07 Å². The van der Waals surface area contributed by atoms with Crippen LogP contribution in [0.3, 0.4) is 0 Å². The van der Waals surface area contributed by atoms with Gasteiger partial charge in [-0.1, -0.05) is 71.9 Å².